The van der Waals surface area contributed by atoms with Crippen molar-refractivity contribution in [2.75, 3.05) is 26.7 Å². The molecule has 0 bridgehead atoms. The number of carbonyl (C=O) groups is 2. The zero-order chi connectivity index (χ0) is 27.7. The third-order valence-electron chi connectivity index (χ3n) is 10.3. The number of H-pyrrole nitrogens is 1. The number of carbonyl (C=O) groups excluding carboxylic acids is 2. The van der Waals surface area contributed by atoms with Gasteiger partial charge < -0.3 is 20.3 Å². The summed E-state index contributed by atoms with van der Waals surface area (Å²) in [5, 5.41) is 7.08. The first-order valence-electron chi connectivity index (χ1n) is 15.1. The van der Waals surface area contributed by atoms with E-state index in [-0.39, 0.29) is 23.4 Å². The summed E-state index contributed by atoms with van der Waals surface area (Å²) in [5.41, 5.74) is 3.04. The number of alkyl carbamates (subject to hydrolysis) is 1. The van der Waals surface area contributed by atoms with E-state index < -0.39 is 6.09 Å². The largest absolute Gasteiger partial charge is 0.453 e. The molecule has 214 valence electrons. The van der Waals surface area contributed by atoms with Gasteiger partial charge in [-0.2, -0.15) is 4.98 Å². The van der Waals surface area contributed by atoms with Gasteiger partial charge in [0.15, 0.2) is 0 Å². The number of likely N-dealkylation sites (tertiary alicyclic amines) is 1. The first-order valence-corrected chi connectivity index (χ1v) is 15.5. The fourth-order valence-electron chi connectivity index (χ4n) is 8.31. The lowest BCUT2D eigenvalue weighted by atomic mass is 9.63. The molecule has 2 aromatic rings. The second-order valence-electron chi connectivity index (χ2n) is 12.3. The van der Waals surface area contributed by atoms with Crippen LogP contribution in [-0.4, -0.2) is 49.7 Å². The van der Waals surface area contributed by atoms with E-state index >= 15 is 0 Å². The summed E-state index contributed by atoms with van der Waals surface area (Å²) in [7, 11) is 1.38. The van der Waals surface area contributed by atoms with Crippen LogP contribution < -0.4 is 15.6 Å². The Hall–Kier alpha value is -2.64. The standard InChI is InChI=1S/C32H41ClN4O3/c1-40-31(39)35-26-14-16-32(24-12-13-28(33)36-29(24)26)20-34-19-25(32)30(38)37-17-15-23(21-8-4-2-5-9-21)18-27(37)22-10-6-3-7-11-22/h2,4-5,8-9,12-13,22-23,25-27,34H,3,6-7,10-11,14-20H2,1H3,(H,35,39)/p+1/t23-,25?,26?,27+,32+/m1/s1. The fourth-order valence-corrected chi connectivity index (χ4v) is 8.48. The van der Waals surface area contributed by atoms with Crippen LogP contribution in [0.2, 0.25) is 5.15 Å². The molecule has 3 fully saturated rings. The normalized spacial score (nSPS) is 30.6. The Labute approximate surface area is 242 Å². The molecule has 5 atom stereocenters. The lowest BCUT2D eigenvalue weighted by molar-refractivity contribution is -0.393. The fraction of sp³-hybridized carbons (Fsp3) is 0.594. The number of aromatic nitrogens is 1. The first kappa shape index (κ1) is 27.5. The van der Waals surface area contributed by atoms with Crippen molar-refractivity contribution < 1.29 is 19.3 Å². The molecule has 7 nitrogen and oxygen atoms in total. The van der Waals surface area contributed by atoms with Gasteiger partial charge in [-0.15, -0.1) is 0 Å². The Morgan fingerprint density at radius 1 is 1.07 bits per heavy atom. The zero-order valence-electron chi connectivity index (χ0n) is 23.5. The minimum atomic E-state index is -0.464. The number of fused-ring (bicyclic) bond motifs is 2. The van der Waals surface area contributed by atoms with Gasteiger partial charge in [-0.25, -0.2) is 4.79 Å². The molecule has 2 aliphatic heterocycles. The molecule has 2 amide bonds. The van der Waals surface area contributed by atoms with E-state index in [0.29, 0.717) is 35.9 Å². The number of ether oxygens (including phenoxy) is 1. The Morgan fingerprint density at radius 3 is 2.65 bits per heavy atom. The van der Waals surface area contributed by atoms with Crippen molar-refractivity contribution in [3.8, 4) is 0 Å². The summed E-state index contributed by atoms with van der Waals surface area (Å²) in [6, 6.07) is 14.9. The van der Waals surface area contributed by atoms with Crippen LogP contribution in [0.25, 0.3) is 0 Å². The smallest absolute Gasteiger partial charge is 0.407 e. The van der Waals surface area contributed by atoms with Crippen molar-refractivity contribution in [1.29, 1.82) is 0 Å². The molecule has 1 spiro atoms. The van der Waals surface area contributed by atoms with Gasteiger partial charge in [0, 0.05) is 42.7 Å². The number of rotatable bonds is 4. The van der Waals surface area contributed by atoms with Crippen LogP contribution in [0.3, 0.4) is 0 Å². The van der Waals surface area contributed by atoms with Gasteiger partial charge in [-0.05, 0) is 73.6 Å². The molecule has 3 N–H and O–H groups in total. The zero-order valence-corrected chi connectivity index (χ0v) is 24.2. The predicted molar refractivity (Wildman–Crippen MR) is 154 cm³/mol. The lowest BCUT2D eigenvalue weighted by Gasteiger charge is -2.48. The summed E-state index contributed by atoms with van der Waals surface area (Å²) < 4.78 is 4.89. The third-order valence-corrected chi connectivity index (χ3v) is 10.5. The van der Waals surface area contributed by atoms with Gasteiger partial charge in [0.25, 0.3) is 5.15 Å². The van der Waals surface area contributed by atoms with Crippen molar-refractivity contribution in [2.24, 2.45) is 11.8 Å². The van der Waals surface area contributed by atoms with Crippen LogP contribution in [-0.2, 0) is 14.9 Å². The van der Waals surface area contributed by atoms with Gasteiger partial charge >= 0.3 is 6.09 Å². The second kappa shape index (κ2) is 11.7. The van der Waals surface area contributed by atoms with E-state index in [4.69, 9.17) is 16.3 Å². The number of benzene rings is 1. The number of hydrogen-bond acceptors (Lipinski definition) is 4. The molecule has 6 rings (SSSR count). The number of aromatic amines is 1. The molecule has 1 saturated carbocycles. The van der Waals surface area contributed by atoms with Crippen molar-refractivity contribution in [2.45, 2.75) is 81.2 Å². The Balaban J connectivity index is 1.30. The number of piperidine rings is 1. The van der Waals surface area contributed by atoms with Crippen LogP contribution in [0, 0.1) is 11.8 Å². The molecule has 2 saturated heterocycles. The van der Waals surface area contributed by atoms with E-state index in [2.05, 4.69) is 56.9 Å². The molecule has 3 heterocycles. The van der Waals surface area contributed by atoms with Crippen LogP contribution in [0.1, 0.15) is 86.6 Å². The predicted octanol–water partition coefficient (Wildman–Crippen LogP) is 5.16. The van der Waals surface area contributed by atoms with Crippen LogP contribution in [0.4, 0.5) is 4.79 Å². The van der Waals surface area contributed by atoms with Crippen molar-refractivity contribution in [3.05, 3.63) is 64.4 Å². The van der Waals surface area contributed by atoms with Gasteiger partial charge in [0.1, 0.15) is 6.04 Å². The second-order valence-corrected chi connectivity index (χ2v) is 12.7. The van der Waals surface area contributed by atoms with Gasteiger partial charge in [-0.1, -0.05) is 49.6 Å². The average Bonchev–Trinajstić information content (AvgIpc) is 3.43. The van der Waals surface area contributed by atoms with E-state index in [1.165, 1.54) is 44.8 Å². The molecule has 2 unspecified atom stereocenters. The number of halogens is 1. The van der Waals surface area contributed by atoms with Crippen molar-refractivity contribution in [1.82, 2.24) is 15.5 Å². The molecule has 1 aromatic carbocycles. The van der Waals surface area contributed by atoms with E-state index in [1.54, 1.807) is 0 Å². The highest BCUT2D eigenvalue weighted by Crippen LogP contribution is 2.49. The lowest BCUT2D eigenvalue weighted by Crippen LogP contribution is -2.56. The molecular weight excluding hydrogens is 524 g/mol. The van der Waals surface area contributed by atoms with Crippen molar-refractivity contribution >= 4 is 23.6 Å². The summed E-state index contributed by atoms with van der Waals surface area (Å²) in [5.74, 6) is 1.23. The molecular formula is C32H42ClN4O3+. The quantitative estimate of drug-likeness (QED) is 0.502. The molecule has 0 radical (unpaired) electrons. The van der Waals surface area contributed by atoms with Crippen LogP contribution in [0.5, 0.6) is 0 Å². The summed E-state index contributed by atoms with van der Waals surface area (Å²) in [4.78, 5) is 32.5. The minimum Gasteiger partial charge on any atom is -0.453 e. The SMILES string of the molecule is COC(=O)NC1CC[C@]2(CNCC2C(=O)N2CC[C@@H](c3ccccc3)C[C@H]2C2CCCCC2)c2ccc(Cl)[nH+]c21. The Bertz CT molecular complexity index is 1220. The van der Waals surface area contributed by atoms with Gasteiger partial charge in [-0.3, -0.25) is 4.79 Å². The van der Waals surface area contributed by atoms with Gasteiger partial charge in [0.2, 0.25) is 11.6 Å². The number of methoxy groups -OCH3 is 1. The number of nitrogens with zero attached hydrogens (tertiary/aromatic N) is 1. The van der Waals surface area contributed by atoms with E-state index in [9.17, 15) is 9.59 Å². The maximum Gasteiger partial charge on any atom is 0.407 e. The molecule has 8 heteroatoms. The maximum absolute atomic E-state index is 14.7. The Morgan fingerprint density at radius 2 is 1.88 bits per heavy atom. The summed E-state index contributed by atoms with van der Waals surface area (Å²) >= 11 is 6.41. The van der Waals surface area contributed by atoms with Crippen LogP contribution in [0.15, 0.2) is 42.5 Å². The summed E-state index contributed by atoms with van der Waals surface area (Å²) in [6.45, 7) is 2.23. The average molecular weight is 566 g/mol. The minimum absolute atomic E-state index is 0.153. The molecule has 2 aliphatic carbocycles. The molecule has 4 aliphatic rings. The highest BCUT2D eigenvalue weighted by Gasteiger charge is 2.55. The maximum atomic E-state index is 14.7. The molecule has 1 aromatic heterocycles. The topological polar surface area (TPSA) is 84.8 Å². The number of pyridine rings is 1. The number of amides is 2. The highest BCUT2D eigenvalue weighted by atomic mass is 35.5. The van der Waals surface area contributed by atoms with Crippen LogP contribution >= 0.6 is 11.6 Å². The van der Waals surface area contributed by atoms with E-state index in [0.717, 1.165) is 43.6 Å². The number of nitrogens with one attached hydrogen (secondary N) is 3. The summed E-state index contributed by atoms with van der Waals surface area (Å²) in [6.07, 6.45) is 9.42. The molecule has 40 heavy (non-hydrogen) atoms. The monoisotopic (exact) mass is 565 g/mol. The first-order chi connectivity index (χ1) is 19.5. The number of hydrogen-bond donors (Lipinski definition) is 2. The highest BCUT2D eigenvalue weighted by molar-refractivity contribution is 6.28. The van der Waals surface area contributed by atoms with Crippen molar-refractivity contribution in [3.63, 3.8) is 0 Å². The van der Waals surface area contributed by atoms with E-state index in [1.807, 2.05) is 6.07 Å². The van der Waals surface area contributed by atoms with Gasteiger partial charge in [0.05, 0.1) is 13.0 Å². The third kappa shape index (κ3) is 5.11. The Kier molecular flexibility index (Phi) is 8.04.